The van der Waals surface area contributed by atoms with Crippen LogP contribution in [0.25, 0.3) is 0 Å². The zero-order valence-corrected chi connectivity index (χ0v) is 15.9. The number of aryl methyl sites for hydroxylation is 1. The molecule has 26 heavy (non-hydrogen) atoms. The van der Waals surface area contributed by atoms with Crippen LogP contribution in [0.15, 0.2) is 10.6 Å². The summed E-state index contributed by atoms with van der Waals surface area (Å²) in [6.07, 6.45) is 3.97. The van der Waals surface area contributed by atoms with Crippen molar-refractivity contribution >= 4 is 11.8 Å². The minimum Gasteiger partial charge on any atom is -0.361 e. The van der Waals surface area contributed by atoms with Crippen LogP contribution >= 0.6 is 0 Å². The molecular weight excluding hydrogens is 332 g/mol. The lowest BCUT2D eigenvalue weighted by molar-refractivity contribution is -0.132. The van der Waals surface area contributed by atoms with Crippen molar-refractivity contribution in [3.8, 4) is 0 Å². The standard InChI is InChI=1S/C19H28N4O3/c1-13-10-14(21-26-13)16(24)23-8-6-18(7-9-23)4-5-19(17(25)20-2)12-22(3)11-15(18)19/h10,15H,4-9,11-12H2,1-3H3,(H,20,25)/t15-,19+/m0/s1. The van der Waals surface area contributed by atoms with Crippen molar-refractivity contribution in [2.75, 3.05) is 40.3 Å². The smallest absolute Gasteiger partial charge is 0.276 e. The molecule has 1 spiro atoms. The van der Waals surface area contributed by atoms with Gasteiger partial charge < -0.3 is 19.6 Å². The van der Waals surface area contributed by atoms with Crippen molar-refractivity contribution in [3.63, 3.8) is 0 Å². The number of carbonyl (C=O) groups excluding carboxylic acids is 2. The third-order valence-electron chi connectivity index (χ3n) is 7.09. The second kappa shape index (κ2) is 6.08. The van der Waals surface area contributed by atoms with Gasteiger partial charge in [-0.3, -0.25) is 9.59 Å². The van der Waals surface area contributed by atoms with E-state index in [1.165, 1.54) is 0 Å². The van der Waals surface area contributed by atoms with Gasteiger partial charge in [0.2, 0.25) is 5.91 Å². The van der Waals surface area contributed by atoms with Crippen molar-refractivity contribution in [2.45, 2.75) is 32.6 Å². The highest BCUT2D eigenvalue weighted by atomic mass is 16.5. The van der Waals surface area contributed by atoms with E-state index in [0.29, 0.717) is 17.4 Å². The Morgan fingerprint density at radius 2 is 2.00 bits per heavy atom. The lowest BCUT2D eigenvalue weighted by atomic mass is 9.65. The Kier molecular flexibility index (Phi) is 4.10. The molecule has 1 aromatic rings. The average Bonchev–Trinajstić information content (AvgIpc) is 3.30. The van der Waals surface area contributed by atoms with Crippen molar-refractivity contribution in [1.29, 1.82) is 0 Å². The Bertz CT molecular complexity index is 722. The Morgan fingerprint density at radius 1 is 1.27 bits per heavy atom. The van der Waals surface area contributed by atoms with E-state index in [2.05, 4.69) is 22.4 Å². The molecule has 142 valence electrons. The van der Waals surface area contributed by atoms with Gasteiger partial charge in [-0.2, -0.15) is 0 Å². The topological polar surface area (TPSA) is 78.7 Å². The van der Waals surface area contributed by atoms with Gasteiger partial charge in [0.15, 0.2) is 5.69 Å². The van der Waals surface area contributed by atoms with E-state index in [-0.39, 0.29) is 22.6 Å². The molecule has 0 aromatic carbocycles. The zero-order chi connectivity index (χ0) is 18.5. The minimum absolute atomic E-state index is 0.0456. The fourth-order valence-corrected chi connectivity index (χ4v) is 5.80. The molecule has 3 fully saturated rings. The first-order valence-electron chi connectivity index (χ1n) is 9.54. The summed E-state index contributed by atoms with van der Waals surface area (Å²) in [6.45, 7) is 5.08. The van der Waals surface area contributed by atoms with Crippen molar-refractivity contribution in [3.05, 3.63) is 17.5 Å². The molecule has 2 saturated heterocycles. The summed E-state index contributed by atoms with van der Waals surface area (Å²) in [5, 5.41) is 6.78. The Labute approximate surface area is 154 Å². The molecule has 3 aliphatic rings. The summed E-state index contributed by atoms with van der Waals surface area (Å²) in [6, 6.07) is 1.70. The summed E-state index contributed by atoms with van der Waals surface area (Å²) < 4.78 is 5.04. The second-order valence-electron chi connectivity index (χ2n) is 8.46. The minimum atomic E-state index is -0.251. The highest BCUT2D eigenvalue weighted by Gasteiger charge is 2.63. The number of aromatic nitrogens is 1. The fraction of sp³-hybridized carbons (Fsp3) is 0.737. The molecule has 1 aliphatic carbocycles. The average molecular weight is 360 g/mol. The summed E-state index contributed by atoms with van der Waals surface area (Å²) in [5.41, 5.74) is 0.317. The summed E-state index contributed by atoms with van der Waals surface area (Å²) in [7, 11) is 3.86. The monoisotopic (exact) mass is 360 g/mol. The van der Waals surface area contributed by atoms with Crippen molar-refractivity contribution in [1.82, 2.24) is 20.3 Å². The predicted octanol–water partition coefficient (Wildman–Crippen LogP) is 1.29. The van der Waals surface area contributed by atoms with Crippen LogP contribution in [0.5, 0.6) is 0 Å². The quantitative estimate of drug-likeness (QED) is 0.860. The number of nitrogens with zero attached hydrogens (tertiary/aromatic N) is 3. The van der Waals surface area contributed by atoms with Crippen LogP contribution in [0.3, 0.4) is 0 Å². The number of hydrogen-bond donors (Lipinski definition) is 1. The Morgan fingerprint density at radius 3 is 2.62 bits per heavy atom. The molecule has 2 atom stereocenters. The maximum Gasteiger partial charge on any atom is 0.276 e. The molecule has 0 radical (unpaired) electrons. The number of hydrogen-bond acceptors (Lipinski definition) is 5. The van der Waals surface area contributed by atoms with E-state index in [1.807, 2.05) is 4.90 Å². The van der Waals surface area contributed by atoms with E-state index in [1.54, 1.807) is 20.0 Å². The second-order valence-corrected chi connectivity index (χ2v) is 8.46. The lowest BCUT2D eigenvalue weighted by Crippen LogP contribution is -2.49. The predicted molar refractivity (Wildman–Crippen MR) is 95.5 cm³/mol. The van der Waals surface area contributed by atoms with Crippen LogP contribution in [-0.2, 0) is 4.79 Å². The number of likely N-dealkylation sites (tertiary alicyclic amines) is 2. The first-order chi connectivity index (χ1) is 12.4. The third-order valence-corrected chi connectivity index (χ3v) is 7.09. The van der Waals surface area contributed by atoms with E-state index in [9.17, 15) is 9.59 Å². The molecule has 2 amide bonds. The molecule has 3 heterocycles. The molecule has 1 saturated carbocycles. The number of piperidine rings is 1. The van der Waals surface area contributed by atoms with Gasteiger partial charge in [-0.25, -0.2) is 0 Å². The van der Waals surface area contributed by atoms with Crippen LogP contribution in [0.2, 0.25) is 0 Å². The fourth-order valence-electron chi connectivity index (χ4n) is 5.80. The van der Waals surface area contributed by atoms with Crippen molar-refractivity contribution in [2.24, 2.45) is 16.7 Å². The van der Waals surface area contributed by atoms with Gasteiger partial charge in [-0.15, -0.1) is 0 Å². The normalized spacial score (nSPS) is 30.6. The first kappa shape index (κ1) is 17.5. The third kappa shape index (κ3) is 2.47. The van der Waals surface area contributed by atoms with E-state index < -0.39 is 0 Å². The molecule has 2 aliphatic heterocycles. The number of amides is 2. The number of fused-ring (bicyclic) bond motifs is 2. The highest BCUT2D eigenvalue weighted by molar-refractivity contribution is 5.92. The summed E-state index contributed by atoms with van der Waals surface area (Å²) >= 11 is 0. The number of carbonyl (C=O) groups is 2. The van der Waals surface area contributed by atoms with Crippen LogP contribution in [-0.4, -0.2) is 67.0 Å². The number of rotatable bonds is 2. The number of nitrogens with one attached hydrogen (secondary N) is 1. The molecular formula is C19H28N4O3. The molecule has 0 unspecified atom stereocenters. The lowest BCUT2D eigenvalue weighted by Gasteiger charge is -2.44. The van der Waals surface area contributed by atoms with Gasteiger partial charge in [0.05, 0.1) is 5.41 Å². The van der Waals surface area contributed by atoms with Gasteiger partial charge in [-0.05, 0) is 51.0 Å². The summed E-state index contributed by atoms with van der Waals surface area (Å²) in [4.78, 5) is 29.6. The van der Waals surface area contributed by atoms with Crippen LogP contribution < -0.4 is 5.32 Å². The first-order valence-corrected chi connectivity index (χ1v) is 9.54. The Balaban J connectivity index is 1.50. The summed E-state index contributed by atoms with van der Waals surface area (Å²) in [5.74, 6) is 1.18. The maximum absolute atomic E-state index is 12.7. The molecule has 1 N–H and O–H groups in total. The van der Waals surface area contributed by atoms with Gasteiger partial charge in [-0.1, -0.05) is 5.16 Å². The van der Waals surface area contributed by atoms with Gasteiger partial charge >= 0.3 is 0 Å². The van der Waals surface area contributed by atoms with Crippen LogP contribution in [0.4, 0.5) is 0 Å². The van der Waals surface area contributed by atoms with Crippen molar-refractivity contribution < 1.29 is 14.1 Å². The molecule has 4 rings (SSSR count). The molecule has 7 nitrogen and oxygen atoms in total. The van der Waals surface area contributed by atoms with Gasteiger partial charge in [0.25, 0.3) is 5.91 Å². The molecule has 1 aromatic heterocycles. The molecule has 7 heteroatoms. The van der Waals surface area contributed by atoms with Crippen LogP contribution in [0, 0.1) is 23.7 Å². The Hall–Kier alpha value is -1.89. The van der Waals surface area contributed by atoms with Gasteiger partial charge in [0, 0.05) is 39.3 Å². The van der Waals surface area contributed by atoms with E-state index in [0.717, 1.165) is 51.9 Å². The van der Waals surface area contributed by atoms with Gasteiger partial charge in [0.1, 0.15) is 5.76 Å². The van der Waals surface area contributed by atoms with Crippen LogP contribution in [0.1, 0.15) is 41.9 Å². The SMILES string of the molecule is CNC(=O)[C@@]12CCC3(CCN(C(=O)c4cc(C)on4)CC3)[C@@H]1CN(C)C2. The largest absolute Gasteiger partial charge is 0.361 e. The van der Waals surface area contributed by atoms with E-state index in [4.69, 9.17) is 4.52 Å². The maximum atomic E-state index is 12.7. The zero-order valence-electron chi connectivity index (χ0n) is 15.9. The van der Waals surface area contributed by atoms with E-state index >= 15 is 0 Å². The highest BCUT2D eigenvalue weighted by Crippen LogP contribution is 2.61. The molecule has 0 bridgehead atoms.